The maximum absolute atomic E-state index is 12.2. The van der Waals surface area contributed by atoms with E-state index >= 15 is 0 Å². The van der Waals surface area contributed by atoms with Crippen LogP contribution in [-0.4, -0.2) is 54.7 Å². The average Bonchev–Trinajstić information content (AvgIpc) is 3.13. The van der Waals surface area contributed by atoms with Crippen LogP contribution in [0.2, 0.25) is 5.02 Å². The van der Waals surface area contributed by atoms with Gasteiger partial charge in [-0.05, 0) is 50.2 Å². The Balaban J connectivity index is 1.54. The number of sulfone groups is 1. The summed E-state index contributed by atoms with van der Waals surface area (Å²) in [5.41, 5.74) is 0.187. The SMILES string of the molecule is O=C(NCCS(=O)(=O)c1ccc(Cl)cc1)c1cn(C2CCNCC2)nn1. The van der Waals surface area contributed by atoms with Crippen molar-refractivity contribution in [2.75, 3.05) is 25.4 Å². The molecule has 0 unspecified atom stereocenters. The van der Waals surface area contributed by atoms with E-state index in [2.05, 4.69) is 20.9 Å². The average molecular weight is 398 g/mol. The Morgan fingerprint density at radius 1 is 1.27 bits per heavy atom. The van der Waals surface area contributed by atoms with Crippen LogP contribution in [0.25, 0.3) is 0 Å². The molecule has 1 aliphatic rings. The summed E-state index contributed by atoms with van der Waals surface area (Å²) in [5.74, 6) is -0.639. The maximum Gasteiger partial charge on any atom is 0.273 e. The molecule has 0 bridgehead atoms. The topological polar surface area (TPSA) is 106 Å². The number of amides is 1. The third-order valence-electron chi connectivity index (χ3n) is 4.25. The smallest absolute Gasteiger partial charge is 0.273 e. The Labute approximate surface area is 156 Å². The molecule has 140 valence electrons. The number of benzene rings is 1. The second-order valence-corrected chi connectivity index (χ2v) is 8.64. The summed E-state index contributed by atoms with van der Waals surface area (Å²) in [6.07, 6.45) is 3.48. The van der Waals surface area contributed by atoms with E-state index in [1.807, 2.05) is 0 Å². The summed E-state index contributed by atoms with van der Waals surface area (Å²) < 4.78 is 26.2. The van der Waals surface area contributed by atoms with Crippen molar-refractivity contribution >= 4 is 27.3 Å². The van der Waals surface area contributed by atoms with Crippen LogP contribution >= 0.6 is 11.6 Å². The van der Waals surface area contributed by atoms with Gasteiger partial charge in [-0.2, -0.15) is 0 Å². The van der Waals surface area contributed by atoms with E-state index < -0.39 is 15.7 Å². The molecule has 0 aliphatic carbocycles. The highest BCUT2D eigenvalue weighted by Crippen LogP contribution is 2.17. The molecule has 1 amide bonds. The van der Waals surface area contributed by atoms with Crippen molar-refractivity contribution in [3.63, 3.8) is 0 Å². The zero-order valence-corrected chi connectivity index (χ0v) is 15.6. The zero-order chi connectivity index (χ0) is 18.6. The molecule has 10 heteroatoms. The number of aromatic nitrogens is 3. The molecule has 0 saturated carbocycles. The van der Waals surface area contributed by atoms with E-state index in [1.54, 1.807) is 10.9 Å². The first-order valence-electron chi connectivity index (χ1n) is 8.35. The Kier molecular flexibility index (Phi) is 5.90. The molecular weight excluding hydrogens is 378 g/mol. The standard InChI is InChI=1S/C16H20ClN5O3S/c17-12-1-3-14(4-2-12)26(24,25)10-9-19-16(23)15-11-22(21-20-15)13-5-7-18-8-6-13/h1-4,11,13,18H,5-10H2,(H,19,23). The number of carbonyl (C=O) groups is 1. The predicted molar refractivity (Wildman–Crippen MR) is 97.0 cm³/mol. The van der Waals surface area contributed by atoms with Gasteiger partial charge in [-0.25, -0.2) is 13.1 Å². The largest absolute Gasteiger partial charge is 0.350 e. The van der Waals surface area contributed by atoms with Gasteiger partial charge in [0.2, 0.25) is 0 Å². The van der Waals surface area contributed by atoms with Gasteiger partial charge in [-0.3, -0.25) is 4.79 Å². The number of carbonyl (C=O) groups excluding carboxylic acids is 1. The third-order valence-corrected chi connectivity index (χ3v) is 6.24. The van der Waals surface area contributed by atoms with E-state index in [0.29, 0.717) is 5.02 Å². The molecule has 26 heavy (non-hydrogen) atoms. The van der Waals surface area contributed by atoms with Gasteiger partial charge >= 0.3 is 0 Å². The number of piperidine rings is 1. The highest BCUT2D eigenvalue weighted by Gasteiger charge is 2.19. The highest BCUT2D eigenvalue weighted by molar-refractivity contribution is 7.91. The van der Waals surface area contributed by atoms with Gasteiger partial charge in [-0.1, -0.05) is 16.8 Å². The summed E-state index contributed by atoms with van der Waals surface area (Å²) in [7, 11) is -3.49. The van der Waals surface area contributed by atoms with Crippen molar-refractivity contribution < 1.29 is 13.2 Å². The number of nitrogens with one attached hydrogen (secondary N) is 2. The first-order chi connectivity index (χ1) is 12.5. The molecular formula is C16H20ClN5O3S. The van der Waals surface area contributed by atoms with Crippen molar-refractivity contribution in [3.8, 4) is 0 Å². The quantitative estimate of drug-likeness (QED) is 0.754. The lowest BCUT2D eigenvalue weighted by molar-refractivity contribution is 0.0951. The van der Waals surface area contributed by atoms with Crippen LogP contribution in [-0.2, 0) is 9.84 Å². The van der Waals surface area contributed by atoms with E-state index in [-0.39, 0.29) is 28.9 Å². The molecule has 2 aromatic rings. The summed E-state index contributed by atoms with van der Waals surface area (Å²) in [6, 6.07) is 6.17. The number of nitrogens with zero attached hydrogens (tertiary/aromatic N) is 3. The summed E-state index contributed by atoms with van der Waals surface area (Å²) in [4.78, 5) is 12.3. The van der Waals surface area contributed by atoms with Crippen molar-refractivity contribution in [2.24, 2.45) is 0 Å². The second kappa shape index (κ2) is 8.15. The Morgan fingerprint density at radius 2 is 1.96 bits per heavy atom. The normalized spacial score (nSPS) is 15.7. The van der Waals surface area contributed by atoms with Gasteiger partial charge in [0.1, 0.15) is 0 Å². The van der Waals surface area contributed by atoms with Crippen LogP contribution in [0.1, 0.15) is 29.4 Å². The van der Waals surface area contributed by atoms with Crippen LogP contribution in [0, 0.1) is 0 Å². The third kappa shape index (κ3) is 4.60. The predicted octanol–water partition coefficient (Wildman–Crippen LogP) is 1.06. The first-order valence-corrected chi connectivity index (χ1v) is 10.4. The van der Waals surface area contributed by atoms with Crippen LogP contribution < -0.4 is 10.6 Å². The van der Waals surface area contributed by atoms with Crippen LogP contribution in [0.4, 0.5) is 0 Å². The zero-order valence-electron chi connectivity index (χ0n) is 14.1. The number of rotatable bonds is 6. The number of hydrogen-bond acceptors (Lipinski definition) is 6. The molecule has 1 aromatic carbocycles. The molecule has 0 radical (unpaired) electrons. The van der Waals surface area contributed by atoms with E-state index in [0.717, 1.165) is 25.9 Å². The van der Waals surface area contributed by atoms with Gasteiger partial charge < -0.3 is 10.6 Å². The summed E-state index contributed by atoms with van der Waals surface area (Å²) >= 11 is 5.76. The van der Waals surface area contributed by atoms with Gasteiger partial charge in [0, 0.05) is 11.6 Å². The molecule has 3 rings (SSSR count). The monoisotopic (exact) mass is 397 g/mol. The molecule has 1 fully saturated rings. The van der Waals surface area contributed by atoms with Crippen LogP contribution in [0.3, 0.4) is 0 Å². The fourth-order valence-electron chi connectivity index (χ4n) is 2.78. The second-order valence-electron chi connectivity index (χ2n) is 6.09. The number of hydrogen-bond donors (Lipinski definition) is 2. The van der Waals surface area contributed by atoms with Gasteiger partial charge in [0.15, 0.2) is 15.5 Å². The maximum atomic E-state index is 12.2. The molecule has 1 aliphatic heterocycles. The molecule has 0 spiro atoms. The minimum atomic E-state index is -3.49. The van der Waals surface area contributed by atoms with Crippen LogP contribution in [0.5, 0.6) is 0 Å². The molecule has 1 aromatic heterocycles. The molecule has 2 N–H and O–H groups in total. The Hall–Kier alpha value is -1.97. The van der Waals surface area contributed by atoms with E-state index in [1.165, 1.54) is 24.3 Å². The fourth-order valence-corrected chi connectivity index (χ4v) is 4.06. The molecule has 0 atom stereocenters. The Morgan fingerprint density at radius 3 is 2.65 bits per heavy atom. The summed E-state index contributed by atoms with van der Waals surface area (Å²) in [6.45, 7) is 1.81. The summed E-state index contributed by atoms with van der Waals surface area (Å²) in [5, 5.41) is 14.2. The lowest BCUT2D eigenvalue weighted by atomic mass is 10.1. The Bertz CT molecular complexity index is 860. The molecule has 8 nitrogen and oxygen atoms in total. The van der Waals surface area contributed by atoms with Crippen molar-refractivity contribution in [1.82, 2.24) is 25.6 Å². The molecule has 2 heterocycles. The van der Waals surface area contributed by atoms with Crippen molar-refractivity contribution in [3.05, 3.63) is 41.2 Å². The lowest BCUT2D eigenvalue weighted by Gasteiger charge is -2.22. The van der Waals surface area contributed by atoms with E-state index in [4.69, 9.17) is 11.6 Å². The highest BCUT2D eigenvalue weighted by atomic mass is 35.5. The minimum absolute atomic E-state index is 0.00992. The van der Waals surface area contributed by atoms with Gasteiger partial charge in [0.25, 0.3) is 5.91 Å². The van der Waals surface area contributed by atoms with Crippen molar-refractivity contribution in [1.29, 1.82) is 0 Å². The van der Waals surface area contributed by atoms with Crippen molar-refractivity contribution in [2.45, 2.75) is 23.8 Å². The van der Waals surface area contributed by atoms with Crippen LogP contribution in [0.15, 0.2) is 35.4 Å². The number of halogens is 1. The lowest BCUT2D eigenvalue weighted by Crippen LogP contribution is -2.30. The molecule has 1 saturated heterocycles. The van der Waals surface area contributed by atoms with Gasteiger partial charge in [0.05, 0.1) is 22.9 Å². The van der Waals surface area contributed by atoms with E-state index in [9.17, 15) is 13.2 Å². The first kappa shape index (κ1) is 18.8. The minimum Gasteiger partial charge on any atom is -0.350 e. The fraction of sp³-hybridized carbons (Fsp3) is 0.438. The van der Waals surface area contributed by atoms with Gasteiger partial charge in [-0.15, -0.1) is 5.10 Å².